The Morgan fingerprint density at radius 2 is 1.81 bits per heavy atom. The molecule has 0 aliphatic heterocycles. The Kier molecular flexibility index (Phi) is 5.06. The molecular weight excluding hydrogens is 298 g/mol. The number of methoxy groups -OCH3 is 2. The fourth-order valence-corrected chi connectivity index (χ4v) is 1.83. The van der Waals surface area contributed by atoms with Gasteiger partial charge in [0, 0.05) is 11.5 Å². The highest BCUT2D eigenvalue weighted by molar-refractivity contribution is 6.35. The molecule has 1 amide bonds. The number of anilines is 1. The van der Waals surface area contributed by atoms with Crippen LogP contribution in [0.15, 0.2) is 6.07 Å². The smallest absolute Gasteiger partial charge is 0.341 e. The van der Waals surface area contributed by atoms with Gasteiger partial charge < -0.3 is 19.9 Å². The van der Waals surface area contributed by atoms with Gasteiger partial charge in [0.25, 0.3) is 0 Å². The fraction of sp³-hybridized carbons (Fsp3) is 0.429. The van der Waals surface area contributed by atoms with E-state index >= 15 is 0 Å². The number of aromatic carboxylic acids is 1. The van der Waals surface area contributed by atoms with E-state index in [1.165, 1.54) is 20.3 Å². The van der Waals surface area contributed by atoms with Crippen LogP contribution in [0.1, 0.15) is 31.1 Å². The van der Waals surface area contributed by atoms with E-state index in [1.807, 2.05) is 0 Å². The molecule has 21 heavy (non-hydrogen) atoms. The first-order valence-corrected chi connectivity index (χ1v) is 6.50. The number of hydrogen-bond donors (Lipinski definition) is 2. The van der Waals surface area contributed by atoms with Gasteiger partial charge in [0.15, 0.2) is 11.5 Å². The maximum atomic E-state index is 12.1. The molecule has 2 N–H and O–H groups in total. The van der Waals surface area contributed by atoms with E-state index in [0.717, 1.165) is 0 Å². The number of nitrogens with one attached hydrogen (secondary N) is 1. The lowest BCUT2D eigenvalue weighted by molar-refractivity contribution is -0.123. The number of halogens is 1. The van der Waals surface area contributed by atoms with Gasteiger partial charge >= 0.3 is 5.97 Å². The van der Waals surface area contributed by atoms with Crippen molar-refractivity contribution < 1.29 is 24.2 Å². The van der Waals surface area contributed by atoms with Crippen LogP contribution < -0.4 is 14.8 Å². The molecule has 0 unspecified atom stereocenters. The molecule has 7 heteroatoms. The highest BCUT2D eigenvalue weighted by Crippen LogP contribution is 2.41. The monoisotopic (exact) mass is 315 g/mol. The number of carboxylic acids is 1. The van der Waals surface area contributed by atoms with Crippen LogP contribution in [-0.4, -0.2) is 31.2 Å². The number of hydrogen-bond acceptors (Lipinski definition) is 4. The van der Waals surface area contributed by atoms with Gasteiger partial charge in [-0.25, -0.2) is 4.79 Å². The van der Waals surface area contributed by atoms with E-state index in [2.05, 4.69) is 5.32 Å². The van der Waals surface area contributed by atoms with Crippen molar-refractivity contribution in [1.82, 2.24) is 0 Å². The first-order chi connectivity index (χ1) is 9.63. The van der Waals surface area contributed by atoms with E-state index in [1.54, 1.807) is 20.8 Å². The number of carbonyl (C=O) groups is 2. The summed E-state index contributed by atoms with van der Waals surface area (Å²) in [5.74, 6) is -1.47. The molecule has 116 valence electrons. The van der Waals surface area contributed by atoms with Gasteiger partial charge in [-0.3, -0.25) is 4.79 Å². The van der Waals surface area contributed by atoms with Crippen LogP contribution in [0.4, 0.5) is 5.69 Å². The fourth-order valence-electron chi connectivity index (χ4n) is 1.59. The Morgan fingerprint density at radius 3 is 2.19 bits per heavy atom. The maximum absolute atomic E-state index is 12.1. The summed E-state index contributed by atoms with van der Waals surface area (Å²) in [5, 5.41) is 12.0. The largest absolute Gasteiger partial charge is 0.493 e. The van der Waals surface area contributed by atoms with E-state index < -0.39 is 11.4 Å². The lowest BCUT2D eigenvalue weighted by Gasteiger charge is -2.21. The van der Waals surface area contributed by atoms with Gasteiger partial charge in [-0.05, 0) is 0 Å². The molecule has 0 spiro atoms. The predicted molar refractivity (Wildman–Crippen MR) is 79.6 cm³/mol. The molecule has 6 nitrogen and oxygen atoms in total. The maximum Gasteiger partial charge on any atom is 0.341 e. The number of amides is 1. The standard InChI is InChI=1S/C14H18ClNO5/c1-14(2,3)13(19)16-10-7(15)6-8(20-4)11(21-5)9(10)12(17)18/h6H,1-5H3,(H,16,19)(H,17,18). The van der Waals surface area contributed by atoms with E-state index in [0.29, 0.717) is 0 Å². The highest BCUT2D eigenvalue weighted by atomic mass is 35.5. The lowest BCUT2D eigenvalue weighted by Crippen LogP contribution is -2.28. The highest BCUT2D eigenvalue weighted by Gasteiger charge is 2.28. The third-order valence-corrected chi connectivity index (χ3v) is 3.05. The van der Waals surface area contributed by atoms with Gasteiger partial charge in [0.2, 0.25) is 5.91 Å². The predicted octanol–water partition coefficient (Wildman–Crippen LogP) is 3.04. The summed E-state index contributed by atoms with van der Waals surface area (Å²) in [6, 6.07) is 1.39. The molecule has 0 aliphatic rings. The van der Waals surface area contributed by atoms with Gasteiger partial charge in [0.05, 0.1) is 24.9 Å². The second kappa shape index (κ2) is 6.22. The van der Waals surface area contributed by atoms with Crippen LogP contribution in [-0.2, 0) is 4.79 Å². The van der Waals surface area contributed by atoms with E-state index in [4.69, 9.17) is 21.1 Å². The molecule has 0 aromatic heterocycles. The lowest BCUT2D eigenvalue weighted by atomic mass is 9.95. The number of rotatable bonds is 4. The zero-order chi connectivity index (χ0) is 16.4. The van der Waals surface area contributed by atoms with Crippen molar-refractivity contribution >= 4 is 29.2 Å². The van der Waals surface area contributed by atoms with E-state index in [-0.39, 0.29) is 33.7 Å². The molecule has 1 aromatic carbocycles. The molecule has 0 fully saturated rings. The molecule has 0 bridgehead atoms. The molecular formula is C14H18ClNO5. The Morgan fingerprint density at radius 1 is 1.24 bits per heavy atom. The summed E-state index contributed by atoms with van der Waals surface area (Å²) >= 11 is 6.07. The van der Waals surface area contributed by atoms with Crippen LogP contribution in [0.2, 0.25) is 5.02 Å². The minimum atomic E-state index is -1.28. The number of carboxylic acid groups (broad SMARTS) is 1. The van der Waals surface area contributed by atoms with Crippen LogP contribution in [0.3, 0.4) is 0 Å². The number of ether oxygens (including phenoxy) is 2. The SMILES string of the molecule is COc1cc(Cl)c(NC(=O)C(C)(C)C)c(C(=O)O)c1OC. The zero-order valence-electron chi connectivity index (χ0n) is 12.5. The first kappa shape index (κ1) is 17.1. The minimum Gasteiger partial charge on any atom is -0.493 e. The molecule has 1 aromatic rings. The molecule has 0 heterocycles. The Balaban J connectivity index is 3.51. The second-order valence-corrected chi connectivity index (χ2v) is 5.76. The normalized spacial score (nSPS) is 11.0. The summed E-state index contributed by atoms with van der Waals surface area (Å²) in [5.41, 5.74) is -0.965. The van der Waals surface area contributed by atoms with Gasteiger partial charge in [0.1, 0.15) is 5.56 Å². The van der Waals surface area contributed by atoms with Crippen molar-refractivity contribution in [3.63, 3.8) is 0 Å². The van der Waals surface area contributed by atoms with Crippen LogP contribution in [0, 0.1) is 5.41 Å². The van der Waals surface area contributed by atoms with Crippen molar-refractivity contribution in [2.75, 3.05) is 19.5 Å². The van der Waals surface area contributed by atoms with Gasteiger partial charge in [-0.15, -0.1) is 0 Å². The number of carbonyl (C=O) groups excluding carboxylic acids is 1. The summed E-state index contributed by atoms with van der Waals surface area (Å²) in [7, 11) is 2.68. The summed E-state index contributed by atoms with van der Waals surface area (Å²) in [4.78, 5) is 23.6. The Labute approximate surface area is 128 Å². The first-order valence-electron chi connectivity index (χ1n) is 6.12. The van der Waals surface area contributed by atoms with Crippen molar-refractivity contribution in [2.24, 2.45) is 5.41 Å². The van der Waals surface area contributed by atoms with Gasteiger partial charge in [-0.2, -0.15) is 0 Å². The van der Waals surface area contributed by atoms with Crippen molar-refractivity contribution in [3.8, 4) is 11.5 Å². The molecule has 1 rings (SSSR count). The second-order valence-electron chi connectivity index (χ2n) is 5.35. The molecule has 0 saturated heterocycles. The molecule has 0 atom stereocenters. The zero-order valence-corrected chi connectivity index (χ0v) is 13.3. The third-order valence-electron chi connectivity index (χ3n) is 2.76. The van der Waals surface area contributed by atoms with Crippen LogP contribution in [0.5, 0.6) is 11.5 Å². The van der Waals surface area contributed by atoms with E-state index in [9.17, 15) is 14.7 Å². The Bertz CT molecular complexity index is 578. The van der Waals surface area contributed by atoms with Gasteiger partial charge in [-0.1, -0.05) is 32.4 Å². The molecule has 0 saturated carbocycles. The average Bonchev–Trinajstić information content (AvgIpc) is 2.38. The van der Waals surface area contributed by atoms with Crippen molar-refractivity contribution in [2.45, 2.75) is 20.8 Å². The average molecular weight is 316 g/mol. The minimum absolute atomic E-state index is 0.00129. The summed E-state index contributed by atoms with van der Waals surface area (Å²) in [6.45, 7) is 5.12. The van der Waals surface area contributed by atoms with Crippen LogP contribution >= 0.6 is 11.6 Å². The molecule has 0 radical (unpaired) electrons. The quantitative estimate of drug-likeness (QED) is 0.892. The topological polar surface area (TPSA) is 84.9 Å². The summed E-state index contributed by atoms with van der Waals surface area (Å²) in [6.07, 6.45) is 0. The summed E-state index contributed by atoms with van der Waals surface area (Å²) < 4.78 is 10.1. The van der Waals surface area contributed by atoms with Crippen molar-refractivity contribution in [1.29, 1.82) is 0 Å². The van der Waals surface area contributed by atoms with Crippen LogP contribution in [0.25, 0.3) is 0 Å². The third kappa shape index (κ3) is 3.58. The Hall–Kier alpha value is -1.95. The molecule has 0 aliphatic carbocycles. The van der Waals surface area contributed by atoms with Crippen molar-refractivity contribution in [3.05, 3.63) is 16.7 Å². The number of benzene rings is 1.